The molecule has 1 aliphatic heterocycles. The summed E-state index contributed by atoms with van der Waals surface area (Å²) in [4.78, 5) is 22.6. The van der Waals surface area contributed by atoms with Crippen LogP contribution < -0.4 is 10.1 Å². The molecule has 10 heteroatoms. The molecular weight excluding hydrogens is 406 g/mol. The Kier molecular flexibility index (Phi) is 6.06. The number of ether oxygens (including phenoxy) is 1. The summed E-state index contributed by atoms with van der Waals surface area (Å²) in [7, 11) is 1.72. The van der Waals surface area contributed by atoms with E-state index in [1.54, 1.807) is 11.9 Å². The zero-order valence-electron chi connectivity index (χ0n) is 16.9. The van der Waals surface area contributed by atoms with Crippen LogP contribution in [-0.2, 0) is 6.42 Å². The van der Waals surface area contributed by atoms with Gasteiger partial charge in [-0.1, -0.05) is 0 Å². The average molecular weight is 428 g/mol. The Bertz CT molecular complexity index is 1060. The van der Waals surface area contributed by atoms with Gasteiger partial charge in [0, 0.05) is 56.6 Å². The van der Waals surface area contributed by atoms with Crippen LogP contribution in [0.25, 0.3) is 0 Å². The molecule has 0 bridgehead atoms. The van der Waals surface area contributed by atoms with Crippen molar-refractivity contribution in [1.82, 2.24) is 25.1 Å². The molecule has 1 aliphatic rings. The largest absolute Gasteiger partial charge is 0.493 e. The SMILES string of the molecule is CNc1ncc(C(=O)N2CC[C@H](c3cc(CCOc4ccc(F)c(F)c4)[nH]n3)C2)cn1. The number of aromatic amines is 1. The second-order valence-corrected chi connectivity index (χ2v) is 7.27. The van der Waals surface area contributed by atoms with Gasteiger partial charge in [0.2, 0.25) is 5.95 Å². The van der Waals surface area contributed by atoms with Crippen LogP contribution in [0.3, 0.4) is 0 Å². The molecule has 3 aromatic rings. The Balaban J connectivity index is 1.29. The lowest BCUT2D eigenvalue weighted by atomic mass is 10.0. The summed E-state index contributed by atoms with van der Waals surface area (Å²) in [6, 6.07) is 5.40. The quantitative estimate of drug-likeness (QED) is 0.601. The minimum atomic E-state index is -0.939. The van der Waals surface area contributed by atoms with E-state index in [2.05, 4.69) is 25.5 Å². The molecule has 3 heterocycles. The van der Waals surface area contributed by atoms with Crippen LogP contribution in [0.15, 0.2) is 36.7 Å². The summed E-state index contributed by atoms with van der Waals surface area (Å²) in [6.45, 7) is 1.51. The zero-order valence-corrected chi connectivity index (χ0v) is 16.9. The standard InChI is InChI=1S/C21H22F2N6O2/c1-24-21-25-10-14(11-26-21)20(30)29-6-4-13(12-29)19-8-15(27-28-19)5-7-31-16-2-3-17(22)18(23)9-16/h2-3,8-11,13H,4-7,12H2,1H3,(H,27,28)(H,24,25,26)/t13-/m0/s1. The first kappa shape index (κ1) is 20.7. The van der Waals surface area contributed by atoms with E-state index < -0.39 is 11.6 Å². The van der Waals surface area contributed by atoms with Gasteiger partial charge >= 0.3 is 0 Å². The fraction of sp³-hybridized carbons (Fsp3) is 0.333. The first-order chi connectivity index (χ1) is 15.0. The van der Waals surface area contributed by atoms with Gasteiger partial charge in [-0.15, -0.1) is 0 Å². The lowest BCUT2D eigenvalue weighted by molar-refractivity contribution is 0.0790. The molecule has 1 atom stereocenters. The van der Waals surface area contributed by atoms with Gasteiger partial charge in [0.05, 0.1) is 17.9 Å². The summed E-state index contributed by atoms with van der Waals surface area (Å²) >= 11 is 0. The Morgan fingerprint density at radius 3 is 2.81 bits per heavy atom. The van der Waals surface area contributed by atoms with Crippen molar-refractivity contribution in [3.63, 3.8) is 0 Å². The number of rotatable bonds is 7. The summed E-state index contributed by atoms with van der Waals surface area (Å²) in [5.74, 6) is -1.06. The van der Waals surface area contributed by atoms with Crippen LogP contribution in [0.2, 0.25) is 0 Å². The third-order valence-electron chi connectivity index (χ3n) is 5.20. The van der Waals surface area contributed by atoms with E-state index in [0.29, 0.717) is 37.6 Å². The smallest absolute Gasteiger partial charge is 0.257 e. The topological polar surface area (TPSA) is 96.0 Å². The normalized spacial score (nSPS) is 15.8. The van der Waals surface area contributed by atoms with E-state index in [9.17, 15) is 13.6 Å². The molecule has 2 aromatic heterocycles. The van der Waals surface area contributed by atoms with Gasteiger partial charge in [-0.3, -0.25) is 9.89 Å². The van der Waals surface area contributed by atoms with Gasteiger partial charge in [0.15, 0.2) is 11.6 Å². The number of likely N-dealkylation sites (tertiary alicyclic amines) is 1. The average Bonchev–Trinajstić information content (AvgIpc) is 3.45. The maximum absolute atomic E-state index is 13.2. The molecule has 1 fully saturated rings. The fourth-order valence-corrected chi connectivity index (χ4v) is 3.50. The minimum Gasteiger partial charge on any atom is -0.493 e. The van der Waals surface area contributed by atoms with E-state index in [-0.39, 0.29) is 17.6 Å². The van der Waals surface area contributed by atoms with E-state index in [1.807, 2.05) is 6.07 Å². The molecule has 4 rings (SSSR count). The number of anilines is 1. The number of hydrogen-bond donors (Lipinski definition) is 2. The minimum absolute atomic E-state index is 0.0964. The van der Waals surface area contributed by atoms with Crippen molar-refractivity contribution < 1.29 is 18.3 Å². The summed E-state index contributed by atoms with van der Waals surface area (Å²) < 4.78 is 31.7. The first-order valence-corrected chi connectivity index (χ1v) is 9.94. The third kappa shape index (κ3) is 4.79. The van der Waals surface area contributed by atoms with E-state index in [0.717, 1.165) is 29.9 Å². The van der Waals surface area contributed by atoms with Crippen LogP contribution in [0, 0.1) is 11.6 Å². The van der Waals surface area contributed by atoms with E-state index in [4.69, 9.17) is 4.74 Å². The van der Waals surface area contributed by atoms with Gasteiger partial charge < -0.3 is 15.0 Å². The summed E-state index contributed by atoms with van der Waals surface area (Å²) in [6.07, 6.45) is 4.40. The van der Waals surface area contributed by atoms with Crippen LogP contribution in [0.5, 0.6) is 5.75 Å². The molecule has 0 unspecified atom stereocenters. The number of amides is 1. The Morgan fingerprint density at radius 2 is 2.06 bits per heavy atom. The number of hydrogen-bond acceptors (Lipinski definition) is 6. The molecule has 1 amide bonds. The number of benzene rings is 1. The highest BCUT2D eigenvalue weighted by atomic mass is 19.2. The van der Waals surface area contributed by atoms with Crippen molar-refractivity contribution in [3.05, 3.63) is 65.2 Å². The number of carbonyl (C=O) groups is 1. The number of nitrogens with one attached hydrogen (secondary N) is 2. The summed E-state index contributed by atoms with van der Waals surface area (Å²) in [5.41, 5.74) is 2.22. The molecule has 1 aromatic carbocycles. The zero-order chi connectivity index (χ0) is 21.8. The van der Waals surface area contributed by atoms with Crippen LogP contribution >= 0.6 is 0 Å². The highest BCUT2D eigenvalue weighted by molar-refractivity contribution is 5.94. The van der Waals surface area contributed by atoms with Crippen molar-refractivity contribution in [2.24, 2.45) is 0 Å². The van der Waals surface area contributed by atoms with Gasteiger partial charge in [0.1, 0.15) is 5.75 Å². The molecule has 0 radical (unpaired) electrons. The molecular formula is C21H22F2N6O2. The Hall–Kier alpha value is -3.56. The van der Waals surface area contributed by atoms with Crippen LogP contribution in [0.4, 0.5) is 14.7 Å². The van der Waals surface area contributed by atoms with Crippen molar-refractivity contribution in [2.75, 3.05) is 32.1 Å². The monoisotopic (exact) mass is 428 g/mol. The maximum atomic E-state index is 13.2. The van der Waals surface area contributed by atoms with Gasteiger partial charge in [-0.25, -0.2) is 18.7 Å². The Labute approximate surface area is 177 Å². The molecule has 162 valence electrons. The van der Waals surface area contributed by atoms with Gasteiger partial charge in [-0.2, -0.15) is 5.10 Å². The summed E-state index contributed by atoms with van der Waals surface area (Å²) in [5, 5.41) is 10.2. The predicted octanol–water partition coefficient (Wildman–Crippen LogP) is 2.77. The molecule has 2 N–H and O–H groups in total. The van der Waals surface area contributed by atoms with Crippen molar-refractivity contribution in [1.29, 1.82) is 0 Å². The van der Waals surface area contributed by atoms with Gasteiger partial charge in [0.25, 0.3) is 5.91 Å². The van der Waals surface area contributed by atoms with E-state index >= 15 is 0 Å². The predicted molar refractivity (Wildman–Crippen MR) is 109 cm³/mol. The van der Waals surface area contributed by atoms with E-state index in [1.165, 1.54) is 18.5 Å². The number of aromatic nitrogens is 4. The first-order valence-electron chi connectivity index (χ1n) is 9.94. The molecule has 1 saturated heterocycles. The molecule has 0 saturated carbocycles. The maximum Gasteiger partial charge on any atom is 0.257 e. The lowest BCUT2D eigenvalue weighted by Crippen LogP contribution is -2.28. The van der Waals surface area contributed by atoms with Crippen molar-refractivity contribution in [2.45, 2.75) is 18.8 Å². The highest BCUT2D eigenvalue weighted by Crippen LogP contribution is 2.27. The number of carbonyl (C=O) groups excluding carboxylic acids is 1. The van der Waals surface area contributed by atoms with Crippen molar-refractivity contribution >= 4 is 11.9 Å². The molecule has 8 nitrogen and oxygen atoms in total. The molecule has 31 heavy (non-hydrogen) atoms. The van der Waals surface area contributed by atoms with Crippen LogP contribution in [-0.4, -0.2) is 57.7 Å². The van der Waals surface area contributed by atoms with Crippen molar-refractivity contribution in [3.8, 4) is 5.75 Å². The Morgan fingerprint density at radius 1 is 1.26 bits per heavy atom. The molecule has 0 aliphatic carbocycles. The van der Waals surface area contributed by atoms with Gasteiger partial charge in [-0.05, 0) is 24.6 Å². The highest BCUT2D eigenvalue weighted by Gasteiger charge is 2.29. The fourth-order valence-electron chi connectivity index (χ4n) is 3.50. The lowest BCUT2D eigenvalue weighted by Gasteiger charge is -2.15. The van der Waals surface area contributed by atoms with Crippen LogP contribution in [0.1, 0.15) is 34.1 Å². The second kappa shape index (κ2) is 9.07. The second-order valence-electron chi connectivity index (χ2n) is 7.27. The number of H-pyrrole nitrogens is 1. The number of halogens is 2. The molecule has 0 spiro atoms. The third-order valence-corrected chi connectivity index (χ3v) is 5.20. The number of nitrogens with zero attached hydrogens (tertiary/aromatic N) is 4.